The minimum absolute atomic E-state index is 0.125. The maximum Gasteiger partial charge on any atom is 0.407 e. The fourth-order valence-corrected chi connectivity index (χ4v) is 6.30. The number of esters is 1. The van der Waals surface area contributed by atoms with Gasteiger partial charge in [-0.15, -0.1) is 0 Å². The van der Waals surface area contributed by atoms with Gasteiger partial charge in [0, 0.05) is 23.5 Å². The highest BCUT2D eigenvalue weighted by atomic mass is 19.1. The number of hydrogen-bond donors (Lipinski definition) is 5. The van der Waals surface area contributed by atoms with Gasteiger partial charge in [-0.3, -0.25) is 9.59 Å². The number of aliphatic hydroxyl groups is 2. The SMILES string of the molecule is COC(=O)C(CNC(=O)OC(C)(C)C)NC(=O)C[C@H](O)C[C@H](O)CCn1c(-c2ccc(F)cc2)c(-c2ccccc2)c(C(=O)Nc2ccccc2)c1C(C)C. The smallest absolute Gasteiger partial charge is 0.407 e. The van der Waals surface area contributed by atoms with Crippen molar-refractivity contribution < 1.29 is 43.3 Å². The van der Waals surface area contributed by atoms with E-state index < -0.39 is 54.1 Å². The number of nitrogens with zero attached hydrogens (tertiary/aromatic N) is 1. The summed E-state index contributed by atoms with van der Waals surface area (Å²) in [6, 6.07) is 23.3. The second-order valence-corrected chi connectivity index (χ2v) is 14.5. The fraction of sp³-hybridized carbons (Fsp3) is 0.381. The number of aromatic nitrogens is 1. The van der Waals surface area contributed by atoms with E-state index in [9.17, 15) is 33.8 Å². The predicted octanol–water partition coefficient (Wildman–Crippen LogP) is 6.41. The van der Waals surface area contributed by atoms with Gasteiger partial charge < -0.3 is 40.2 Å². The average Bonchev–Trinajstić information content (AvgIpc) is 3.48. The number of rotatable bonds is 16. The molecule has 1 unspecified atom stereocenters. The van der Waals surface area contributed by atoms with E-state index >= 15 is 0 Å². The zero-order valence-corrected chi connectivity index (χ0v) is 32.1. The van der Waals surface area contributed by atoms with Crippen molar-refractivity contribution in [2.24, 2.45) is 0 Å². The Hall–Kier alpha value is -5.53. The van der Waals surface area contributed by atoms with Crippen molar-refractivity contribution in [3.8, 4) is 22.4 Å². The zero-order chi connectivity index (χ0) is 40.3. The molecule has 0 fully saturated rings. The molecule has 294 valence electrons. The van der Waals surface area contributed by atoms with Crippen LogP contribution in [0.25, 0.3) is 22.4 Å². The molecule has 0 radical (unpaired) electrons. The Morgan fingerprint density at radius 3 is 2.05 bits per heavy atom. The van der Waals surface area contributed by atoms with Crippen LogP contribution in [0.2, 0.25) is 0 Å². The molecule has 4 aromatic rings. The molecular formula is C42H51FN4O8. The van der Waals surface area contributed by atoms with Gasteiger partial charge >= 0.3 is 12.1 Å². The van der Waals surface area contributed by atoms with Crippen molar-refractivity contribution in [3.63, 3.8) is 0 Å². The Bertz CT molecular complexity index is 1910. The normalized spacial score (nSPS) is 13.1. The number of hydrogen-bond acceptors (Lipinski definition) is 8. The molecular weight excluding hydrogens is 707 g/mol. The molecule has 1 heterocycles. The van der Waals surface area contributed by atoms with Crippen LogP contribution in [0, 0.1) is 5.82 Å². The Labute approximate surface area is 321 Å². The first kappa shape index (κ1) is 42.2. The first-order chi connectivity index (χ1) is 26.1. The lowest BCUT2D eigenvalue weighted by molar-refractivity contribution is -0.145. The molecule has 0 saturated carbocycles. The summed E-state index contributed by atoms with van der Waals surface area (Å²) in [5, 5.41) is 29.9. The Morgan fingerprint density at radius 1 is 0.855 bits per heavy atom. The van der Waals surface area contributed by atoms with Crippen LogP contribution >= 0.6 is 0 Å². The Balaban J connectivity index is 1.59. The van der Waals surface area contributed by atoms with Gasteiger partial charge in [0.15, 0.2) is 0 Å². The maximum absolute atomic E-state index is 14.3. The summed E-state index contributed by atoms with van der Waals surface area (Å²) in [6.07, 6.45) is -3.66. The number of aliphatic hydroxyl groups excluding tert-OH is 2. The first-order valence-corrected chi connectivity index (χ1v) is 18.2. The van der Waals surface area contributed by atoms with Gasteiger partial charge in [0.25, 0.3) is 5.91 Å². The molecule has 12 nitrogen and oxygen atoms in total. The molecule has 0 bridgehead atoms. The molecule has 0 aliphatic rings. The molecule has 0 saturated heterocycles. The summed E-state index contributed by atoms with van der Waals surface area (Å²) < 4.78 is 26.1. The quantitative estimate of drug-likeness (QED) is 0.0818. The van der Waals surface area contributed by atoms with Crippen LogP contribution in [0.1, 0.15) is 75.9 Å². The van der Waals surface area contributed by atoms with Crippen LogP contribution in [-0.4, -0.2) is 76.2 Å². The minimum Gasteiger partial charge on any atom is -0.467 e. The summed E-state index contributed by atoms with van der Waals surface area (Å²) in [4.78, 5) is 51.6. The van der Waals surface area contributed by atoms with Gasteiger partial charge in [0.1, 0.15) is 17.5 Å². The zero-order valence-electron chi connectivity index (χ0n) is 32.1. The van der Waals surface area contributed by atoms with Crippen LogP contribution in [0.5, 0.6) is 0 Å². The van der Waals surface area contributed by atoms with Crippen molar-refractivity contribution in [1.82, 2.24) is 15.2 Å². The van der Waals surface area contributed by atoms with Gasteiger partial charge in [-0.05, 0) is 87.1 Å². The number of alkyl carbamates (subject to hydrolysis) is 1. The van der Waals surface area contributed by atoms with Crippen molar-refractivity contribution in [2.75, 3.05) is 19.0 Å². The Morgan fingerprint density at radius 2 is 1.47 bits per heavy atom. The third kappa shape index (κ3) is 12.0. The number of nitrogens with one attached hydrogen (secondary N) is 3. The molecule has 55 heavy (non-hydrogen) atoms. The van der Waals surface area contributed by atoms with Gasteiger partial charge in [0.05, 0.1) is 43.5 Å². The second kappa shape index (κ2) is 19.2. The number of halogens is 1. The monoisotopic (exact) mass is 758 g/mol. The lowest BCUT2D eigenvalue weighted by Gasteiger charge is -2.22. The van der Waals surface area contributed by atoms with E-state index in [2.05, 4.69) is 16.0 Å². The van der Waals surface area contributed by atoms with Crippen LogP contribution in [-0.2, 0) is 25.6 Å². The predicted molar refractivity (Wildman–Crippen MR) is 208 cm³/mol. The molecule has 1 aromatic heterocycles. The molecule has 0 aliphatic carbocycles. The van der Waals surface area contributed by atoms with Crippen LogP contribution in [0.3, 0.4) is 0 Å². The molecule has 13 heteroatoms. The molecule has 3 aromatic carbocycles. The van der Waals surface area contributed by atoms with Crippen molar-refractivity contribution in [1.29, 1.82) is 0 Å². The van der Waals surface area contributed by atoms with Gasteiger partial charge in [-0.25, -0.2) is 14.0 Å². The molecule has 4 rings (SSSR count). The number of amides is 3. The number of carbonyl (C=O) groups excluding carboxylic acids is 4. The second-order valence-electron chi connectivity index (χ2n) is 14.5. The lowest BCUT2D eigenvalue weighted by atomic mass is 9.94. The number of benzene rings is 3. The number of methoxy groups -OCH3 is 1. The fourth-order valence-electron chi connectivity index (χ4n) is 6.30. The van der Waals surface area contributed by atoms with E-state index in [4.69, 9.17) is 9.47 Å². The summed E-state index contributed by atoms with van der Waals surface area (Å²) in [6.45, 7) is 8.87. The highest BCUT2D eigenvalue weighted by Gasteiger charge is 2.31. The number of para-hydroxylation sites is 1. The van der Waals surface area contributed by atoms with Gasteiger partial charge in [-0.2, -0.15) is 0 Å². The highest BCUT2D eigenvalue weighted by molar-refractivity contribution is 6.12. The Kier molecular flexibility index (Phi) is 14.7. The van der Waals surface area contributed by atoms with Crippen molar-refractivity contribution in [3.05, 3.63) is 102 Å². The van der Waals surface area contributed by atoms with Crippen molar-refractivity contribution >= 4 is 29.6 Å². The van der Waals surface area contributed by atoms with E-state index in [1.165, 1.54) is 12.1 Å². The van der Waals surface area contributed by atoms with Crippen molar-refractivity contribution in [2.45, 2.75) is 90.2 Å². The maximum atomic E-state index is 14.3. The van der Waals surface area contributed by atoms with Crippen LogP contribution in [0.15, 0.2) is 84.9 Å². The summed E-state index contributed by atoms with van der Waals surface area (Å²) in [5.74, 6) is -2.43. The standard InChI is InChI=1S/C42H51FN4O8/c1-26(2)37-36(39(51)45-30-15-11-8-12-16-30)35(27-13-9-7-10-14-27)38(28-17-19-29(43)20-18-28)47(37)22-21-31(48)23-32(49)24-34(50)46-33(40(52)54-6)25-44-41(53)55-42(3,4)5/h7-20,26,31-33,48-49H,21-25H2,1-6H3,(H,44,53)(H,45,51)(H,46,50)/t31-,32-,33?/m1/s1. The average molecular weight is 759 g/mol. The molecule has 5 N–H and O–H groups in total. The molecule has 3 amide bonds. The van der Waals surface area contributed by atoms with E-state index in [1.807, 2.05) is 66.9 Å². The number of anilines is 1. The summed E-state index contributed by atoms with van der Waals surface area (Å²) in [7, 11) is 1.14. The lowest BCUT2D eigenvalue weighted by Crippen LogP contribution is -2.50. The third-order valence-electron chi connectivity index (χ3n) is 8.61. The minimum atomic E-state index is -1.29. The van der Waals surface area contributed by atoms with Gasteiger partial charge in [0.2, 0.25) is 5.91 Å². The molecule has 0 spiro atoms. The number of ether oxygens (including phenoxy) is 2. The van der Waals surface area contributed by atoms with Crippen LogP contribution < -0.4 is 16.0 Å². The molecule has 0 aliphatic heterocycles. The topological polar surface area (TPSA) is 168 Å². The van der Waals surface area contributed by atoms with E-state index in [0.717, 1.165) is 12.7 Å². The summed E-state index contributed by atoms with van der Waals surface area (Å²) in [5.41, 5.74) is 3.73. The molecule has 3 atom stereocenters. The third-order valence-corrected chi connectivity index (χ3v) is 8.61. The van der Waals surface area contributed by atoms with E-state index in [-0.39, 0.29) is 37.8 Å². The van der Waals surface area contributed by atoms with E-state index in [1.54, 1.807) is 45.0 Å². The largest absolute Gasteiger partial charge is 0.467 e. The van der Waals surface area contributed by atoms with Crippen LogP contribution in [0.4, 0.5) is 14.9 Å². The highest BCUT2D eigenvalue weighted by Crippen LogP contribution is 2.42. The summed E-state index contributed by atoms with van der Waals surface area (Å²) >= 11 is 0. The first-order valence-electron chi connectivity index (χ1n) is 18.2. The number of carbonyl (C=O) groups is 4. The van der Waals surface area contributed by atoms with Gasteiger partial charge in [-0.1, -0.05) is 62.4 Å². The van der Waals surface area contributed by atoms with E-state index in [0.29, 0.717) is 33.8 Å².